The molecule has 28 heavy (non-hydrogen) atoms. The average Bonchev–Trinajstić information content (AvgIpc) is 2.67. The maximum absolute atomic E-state index is 12.6. The molecule has 0 atom stereocenters. The highest BCUT2D eigenvalue weighted by Gasteiger charge is 2.23. The summed E-state index contributed by atoms with van der Waals surface area (Å²) in [7, 11) is 0. The van der Waals surface area contributed by atoms with Crippen LogP contribution in [0.1, 0.15) is 11.1 Å². The zero-order chi connectivity index (χ0) is 20.1. The Bertz CT molecular complexity index is 864. The molecule has 0 bridgehead atoms. The second kappa shape index (κ2) is 9.41. The van der Waals surface area contributed by atoms with Gasteiger partial charge < -0.3 is 10.2 Å². The minimum atomic E-state index is -0.149. The van der Waals surface area contributed by atoms with Crippen LogP contribution in [0.15, 0.2) is 42.5 Å². The summed E-state index contributed by atoms with van der Waals surface area (Å²) in [6.07, 6.45) is 0.417. The fourth-order valence-corrected chi connectivity index (χ4v) is 3.56. The summed E-state index contributed by atoms with van der Waals surface area (Å²) < 4.78 is 0. The summed E-state index contributed by atoms with van der Waals surface area (Å²) in [4.78, 5) is 28.8. The number of halogens is 2. The lowest BCUT2D eigenvalue weighted by molar-refractivity contribution is -0.132. The van der Waals surface area contributed by atoms with Gasteiger partial charge in [-0.05, 0) is 36.2 Å². The molecule has 1 aliphatic heterocycles. The minimum Gasteiger partial charge on any atom is -0.340 e. The normalized spacial score (nSPS) is 14.8. The molecule has 1 saturated heterocycles. The van der Waals surface area contributed by atoms with Crippen LogP contribution in [0.3, 0.4) is 0 Å². The van der Waals surface area contributed by atoms with E-state index in [0.29, 0.717) is 48.3 Å². The molecule has 0 aromatic heterocycles. The first-order chi connectivity index (χ1) is 13.4. The zero-order valence-corrected chi connectivity index (χ0v) is 17.3. The van der Waals surface area contributed by atoms with E-state index in [0.717, 1.165) is 11.1 Å². The van der Waals surface area contributed by atoms with Gasteiger partial charge >= 0.3 is 0 Å². The molecule has 0 saturated carbocycles. The van der Waals surface area contributed by atoms with Gasteiger partial charge in [0, 0.05) is 31.2 Å². The second-order valence-electron chi connectivity index (χ2n) is 6.93. The van der Waals surface area contributed by atoms with Crippen molar-refractivity contribution in [3.05, 3.63) is 63.6 Å². The number of piperazine rings is 1. The molecule has 7 heteroatoms. The minimum absolute atomic E-state index is 0.129. The first-order valence-electron chi connectivity index (χ1n) is 9.22. The molecule has 1 heterocycles. The fourth-order valence-electron chi connectivity index (χ4n) is 3.22. The third-order valence-corrected chi connectivity index (χ3v) is 5.46. The van der Waals surface area contributed by atoms with E-state index in [2.05, 4.69) is 5.32 Å². The molecule has 0 radical (unpaired) electrons. The predicted octanol–water partition coefficient (Wildman–Crippen LogP) is 3.63. The predicted molar refractivity (Wildman–Crippen MR) is 113 cm³/mol. The molecule has 2 aromatic carbocycles. The van der Waals surface area contributed by atoms with Gasteiger partial charge in [-0.15, -0.1) is 0 Å². The van der Waals surface area contributed by atoms with Gasteiger partial charge in [-0.1, -0.05) is 47.5 Å². The summed E-state index contributed by atoms with van der Waals surface area (Å²) >= 11 is 12.0. The van der Waals surface area contributed by atoms with Gasteiger partial charge in [0.25, 0.3) is 0 Å². The number of rotatable bonds is 5. The zero-order valence-electron chi connectivity index (χ0n) is 15.8. The van der Waals surface area contributed by atoms with Crippen molar-refractivity contribution in [1.82, 2.24) is 9.80 Å². The van der Waals surface area contributed by atoms with Crippen LogP contribution in [0.4, 0.5) is 5.69 Å². The molecule has 1 N–H and O–H groups in total. The van der Waals surface area contributed by atoms with E-state index in [4.69, 9.17) is 23.2 Å². The molecular formula is C21H23Cl2N3O2. The number of carbonyl (C=O) groups is 2. The topological polar surface area (TPSA) is 52.7 Å². The SMILES string of the molecule is Cc1ccccc1CC(=O)N1CCN(CC(=O)Nc2cc(Cl)ccc2Cl)CC1. The van der Waals surface area contributed by atoms with Crippen LogP contribution in [0, 0.1) is 6.92 Å². The number of nitrogens with one attached hydrogen (secondary N) is 1. The lowest BCUT2D eigenvalue weighted by atomic mass is 10.1. The molecule has 3 rings (SSSR count). The number of amides is 2. The van der Waals surface area contributed by atoms with Crippen LogP contribution in [0.2, 0.25) is 10.0 Å². The molecule has 1 aliphatic rings. The summed E-state index contributed by atoms with van der Waals surface area (Å²) in [5, 5.41) is 3.76. The summed E-state index contributed by atoms with van der Waals surface area (Å²) in [5.41, 5.74) is 2.70. The van der Waals surface area contributed by atoms with Gasteiger partial charge in [-0.25, -0.2) is 0 Å². The van der Waals surface area contributed by atoms with Crippen molar-refractivity contribution in [3.8, 4) is 0 Å². The molecule has 5 nitrogen and oxygen atoms in total. The summed E-state index contributed by atoms with van der Waals surface area (Å²) in [6, 6.07) is 12.9. The van der Waals surface area contributed by atoms with E-state index in [9.17, 15) is 9.59 Å². The lowest BCUT2D eigenvalue weighted by Gasteiger charge is -2.34. The van der Waals surface area contributed by atoms with E-state index < -0.39 is 0 Å². The molecule has 0 unspecified atom stereocenters. The average molecular weight is 420 g/mol. The van der Waals surface area contributed by atoms with Gasteiger partial charge in [-0.2, -0.15) is 0 Å². The first-order valence-corrected chi connectivity index (χ1v) is 9.97. The molecular weight excluding hydrogens is 397 g/mol. The van der Waals surface area contributed by atoms with E-state index in [-0.39, 0.29) is 18.4 Å². The smallest absolute Gasteiger partial charge is 0.238 e. The maximum atomic E-state index is 12.6. The van der Waals surface area contributed by atoms with Crippen LogP contribution in [-0.4, -0.2) is 54.3 Å². The van der Waals surface area contributed by atoms with Crippen LogP contribution < -0.4 is 5.32 Å². The van der Waals surface area contributed by atoms with Gasteiger partial charge in [0.15, 0.2) is 0 Å². The van der Waals surface area contributed by atoms with Gasteiger partial charge in [0.2, 0.25) is 11.8 Å². The van der Waals surface area contributed by atoms with Gasteiger partial charge in [-0.3, -0.25) is 14.5 Å². The van der Waals surface area contributed by atoms with Crippen molar-refractivity contribution in [2.75, 3.05) is 38.0 Å². The number of anilines is 1. The van der Waals surface area contributed by atoms with Crippen molar-refractivity contribution >= 4 is 40.7 Å². The third kappa shape index (κ3) is 5.47. The summed E-state index contributed by atoms with van der Waals surface area (Å²) in [5.74, 6) is -0.0204. The van der Waals surface area contributed by atoms with E-state index in [1.54, 1.807) is 18.2 Å². The Morgan fingerprint density at radius 3 is 2.46 bits per heavy atom. The molecule has 2 amide bonds. The summed E-state index contributed by atoms with van der Waals surface area (Å²) in [6.45, 7) is 4.84. The van der Waals surface area contributed by atoms with Crippen LogP contribution in [0.5, 0.6) is 0 Å². The molecule has 0 spiro atoms. The third-order valence-electron chi connectivity index (χ3n) is 4.90. The quantitative estimate of drug-likeness (QED) is 0.804. The molecule has 148 valence electrons. The van der Waals surface area contributed by atoms with E-state index >= 15 is 0 Å². The molecule has 1 fully saturated rings. The number of benzene rings is 2. The molecule has 0 aliphatic carbocycles. The highest BCUT2D eigenvalue weighted by Crippen LogP contribution is 2.25. The Morgan fingerprint density at radius 2 is 1.75 bits per heavy atom. The largest absolute Gasteiger partial charge is 0.340 e. The first kappa shape index (κ1) is 20.6. The number of carbonyl (C=O) groups excluding carboxylic acids is 2. The van der Waals surface area contributed by atoms with Gasteiger partial charge in [0.05, 0.1) is 23.7 Å². The Balaban J connectivity index is 1.47. The van der Waals surface area contributed by atoms with Crippen molar-refractivity contribution in [2.45, 2.75) is 13.3 Å². The highest BCUT2D eigenvalue weighted by atomic mass is 35.5. The van der Waals surface area contributed by atoms with E-state index in [1.807, 2.05) is 41.0 Å². The Labute approximate surface area is 175 Å². The van der Waals surface area contributed by atoms with E-state index in [1.165, 1.54) is 0 Å². The second-order valence-corrected chi connectivity index (χ2v) is 7.78. The van der Waals surface area contributed by atoms with Crippen LogP contribution in [-0.2, 0) is 16.0 Å². The lowest BCUT2D eigenvalue weighted by Crippen LogP contribution is -2.50. The van der Waals surface area contributed by atoms with Crippen molar-refractivity contribution in [2.24, 2.45) is 0 Å². The van der Waals surface area contributed by atoms with Crippen molar-refractivity contribution in [1.29, 1.82) is 0 Å². The monoisotopic (exact) mass is 419 g/mol. The number of hydrogen-bond acceptors (Lipinski definition) is 3. The van der Waals surface area contributed by atoms with Gasteiger partial charge in [0.1, 0.15) is 0 Å². The molecule has 2 aromatic rings. The van der Waals surface area contributed by atoms with Crippen molar-refractivity contribution < 1.29 is 9.59 Å². The fraction of sp³-hybridized carbons (Fsp3) is 0.333. The number of aryl methyl sites for hydroxylation is 1. The number of hydrogen-bond donors (Lipinski definition) is 1. The van der Waals surface area contributed by atoms with Crippen LogP contribution >= 0.6 is 23.2 Å². The Hall–Kier alpha value is -2.08. The van der Waals surface area contributed by atoms with Crippen molar-refractivity contribution in [3.63, 3.8) is 0 Å². The highest BCUT2D eigenvalue weighted by molar-refractivity contribution is 6.35. The Morgan fingerprint density at radius 1 is 1.04 bits per heavy atom. The Kier molecular flexibility index (Phi) is 6.94. The maximum Gasteiger partial charge on any atom is 0.238 e. The van der Waals surface area contributed by atoms with Crippen LogP contribution in [0.25, 0.3) is 0 Å². The number of nitrogens with zero attached hydrogens (tertiary/aromatic N) is 2. The standard InChI is InChI=1S/C21H23Cl2N3O2/c1-15-4-2-3-5-16(15)12-21(28)26-10-8-25(9-11-26)14-20(27)24-19-13-17(22)6-7-18(19)23/h2-7,13H,8-12,14H2,1H3,(H,24,27).